The molecule has 2 N–H and O–H groups in total. The Morgan fingerprint density at radius 3 is 2.50 bits per heavy atom. The first kappa shape index (κ1) is 16.4. The molecule has 7 heteroatoms. The highest BCUT2D eigenvalue weighted by Crippen LogP contribution is 2.10. The third kappa shape index (κ3) is 5.56. The van der Waals surface area contributed by atoms with Gasteiger partial charge in [0.25, 0.3) is 0 Å². The fourth-order valence-electron chi connectivity index (χ4n) is 1.41. The number of anilines is 2. The van der Waals surface area contributed by atoms with Gasteiger partial charge in [-0.2, -0.15) is 15.0 Å². The predicted molar refractivity (Wildman–Crippen MR) is 81.4 cm³/mol. The second kappa shape index (κ2) is 8.52. The van der Waals surface area contributed by atoms with Crippen LogP contribution in [0.4, 0.5) is 11.9 Å². The van der Waals surface area contributed by atoms with Gasteiger partial charge < -0.3 is 20.3 Å². The van der Waals surface area contributed by atoms with E-state index in [1.807, 2.05) is 6.92 Å². The standard InChI is InChI=1S/C13H26N6O/c1-6-9-20-13-17-11(14-4)16-12(18-13)15-7-8-19(5)10(2)3/h10H,6-9H2,1-5H3,(H2,14,15,16,17,18). The maximum atomic E-state index is 5.45. The lowest BCUT2D eigenvalue weighted by atomic mass is 10.3. The number of hydrogen-bond acceptors (Lipinski definition) is 7. The third-order valence-corrected chi connectivity index (χ3v) is 2.90. The summed E-state index contributed by atoms with van der Waals surface area (Å²) in [6.07, 6.45) is 0.919. The van der Waals surface area contributed by atoms with Crippen LogP contribution in [0.3, 0.4) is 0 Å². The molecule has 0 atom stereocenters. The molecule has 7 nitrogen and oxygen atoms in total. The number of aromatic nitrogens is 3. The highest BCUT2D eigenvalue weighted by atomic mass is 16.5. The van der Waals surface area contributed by atoms with Crippen molar-refractivity contribution in [3.8, 4) is 6.01 Å². The van der Waals surface area contributed by atoms with Crippen molar-refractivity contribution in [1.82, 2.24) is 19.9 Å². The summed E-state index contributed by atoms with van der Waals surface area (Å²) in [5, 5.41) is 6.11. The van der Waals surface area contributed by atoms with Crippen LogP contribution in [0.15, 0.2) is 0 Å². The van der Waals surface area contributed by atoms with Crippen molar-refractivity contribution in [1.29, 1.82) is 0 Å². The lowest BCUT2D eigenvalue weighted by Gasteiger charge is -2.20. The molecule has 1 aromatic rings. The average molecular weight is 282 g/mol. The molecule has 0 aromatic carbocycles. The summed E-state index contributed by atoms with van der Waals surface area (Å²) >= 11 is 0. The lowest BCUT2D eigenvalue weighted by molar-refractivity contribution is 0.283. The van der Waals surface area contributed by atoms with E-state index >= 15 is 0 Å². The SMILES string of the molecule is CCCOc1nc(NC)nc(NCCN(C)C(C)C)n1. The van der Waals surface area contributed by atoms with Crippen LogP contribution in [0.25, 0.3) is 0 Å². The van der Waals surface area contributed by atoms with Crippen LogP contribution in [0, 0.1) is 0 Å². The Balaban J connectivity index is 2.59. The number of rotatable bonds is 9. The fraction of sp³-hybridized carbons (Fsp3) is 0.769. The van der Waals surface area contributed by atoms with E-state index in [1.165, 1.54) is 0 Å². The maximum absolute atomic E-state index is 5.45. The van der Waals surface area contributed by atoms with Crippen LogP contribution in [-0.2, 0) is 0 Å². The number of nitrogens with zero attached hydrogens (tertiary/aromatic N) is 4. The van der Waals surface area contributed by atoms with Gasteiger partial charge in [-0.05, 0) is 27.3 Å². The van der Waals surface area contributed by atoms with E-state index < -0.39 is 0 Å². The zero-order chi connectivity index (χ0) is 15.0. The van der Waals surface area contributed by atoms with E-state index in [2.05, 4.69) is 51.4 Å². The molecule has 0 unspecified atom stereocenters. The Hall–Kier alpha value is -1.63. The monoisotopic (exact) mass is 282 g/mol. The van der Waals surface area contributed by atoms with Crippen molar-refractivity contribution in [3.05, 3.63) is 0 Å². The molecule has 0 saturated heterocycles. The molecule has 0 bridgehead atoms. The van der Waals surface area contributed by atoms with Gasteiger partial charge in [-0.3, -0.25) is 0 Å². The van der Waals surface area contributed by atoms with Gasteiger partial charge in [0.1, 0.15) is 0 Å². The molecule has 1 rings (SSSR count). The first-order chi connectivity index (χ1) is 9.56. The Labute approximate surface area is 121 Å². The fourth-order valence-corrected chi connectivity index (χ4v) is 1.41. The molecule has 1 aromatic heterocycles. The van der Waals surface area contributed by atoms with Crippen LogP contribution < -0.4 is 15.4 Å². The molecule has 1 heterocycles. The Morgan fingerprint density at radius 2 is 1.90 bits per heavy atom. The van der Waals surface area contributed by atoms with E-state index in [9.17, 15) is 0 Å². The van der Waals surface area contributed by atoms with Gasteiger partial charge in [-0.15, -0.1) is 0 Å². The molecule has 114 valence electrons. The molecule has 0 radical (unpaired) electrons. The van der Waals surface area contributed by atoms with Crippen molar-refractivity contribution in [2.24, 2.45) is 0 Å². The molecular weight excluding hydrogens is 256 g/mol. The lowest BCUT2D eigenvalue weighted by Crippen LogP contribution is -2.31. The molecule has 0 saturated carbocycles. The number of ether oxygens (including phenoxy) is 1. The van der Waals surface area contributed by atoms with E-state index in [0.29, 0.717) is 30.6 Å². The van der Waals surface area contributed by atoms with Gasteiger partial charge in [0.05, 0.1) is 6.61 Å². The number of likely N-dealkylation sites (N-methyl/N-ethyl adjacent to an activating group) is 1. The molecule has 0 amide bonds. The summed E-state index contributed by atoms with van der Waals surface area (Å²) in [7, 11) is 3.86. The summed E-state index contributed by atoms with van der Waals surface area (Å²) in [5.74, 6) is 1.04. The summed E-state index contributed by atoms with van der Waals surface area (Å²) in [4.78, 5) is 14.9. The first-order valence-corrected chi connectivity index (χ1v) is 7.07. The quantitative estimate of drug-likeness (QED) is 0.710. The zero-order valence-electron chi connectivity index (χ0n) is 13.1. The third-order valence-electron chi connectivity index (χ3n) is 2.90. The minimum absolute atomic E-state index is 0.353. The van der Waals surface area contributed by atoms with Crippen LogP contribution in [0.5, 0.6) is 6.01 Å². The van der Waals surface area contributed by atoms with Crippen molar-refractivity contribution in [2.75, 3.05) is 44.4 Å². The smallest absolute Gasteiger partial charge is 0.323 e. The minimum Gasteiger partial charge on any atom is -0.463 e. The van der Waals surface area contributed by atoms with Crippen LogP contribution in [0.1, 0.15) is 27.2 Å². The molecule has 0 aliphatic heterocycles. The van der Waals surface area contributed by atoms with Gasteiger partial charge in [0, 0.05) is 26.2 Å². The van der Waals surface area contributed by atoms with E-state index in [0.717, 1.165) is 19.5 Å². The Morgan fingerprint density at radius 1 is 1.20 bits per heavy atom. The maximum Gasteiger partial charge on any atom is 0.323 e. The Bertz CT molecular complexity index is 398. The summed E-state index contributed by atoms with van der Waals surface area (Å²) < 4.78 is 5.45. The van der Waals surface area contributed by atoms with Crippen LogP contribution in [-0.4, -0.2) is 59.7 Å². The molecule has 0 fully saturated rings. The highest BCUT2D eigenvalue weighted by molar-refractivity contribution is 5.35. The van der Waals surface area contributed by atoms with Crippen LogP contribution >= 0.6 is 0 Å². The molecule has 0 aliphatic rings. The molecule has 20 heavy (non-hydrogen) atoms. The van der Waals surface area contributed by atoms with Crippen molar-refractivity contribution < 1.29 is 4.74 Å². The second-order valence-corrected chi connectivity index (χ2v) is 4.86. The number of nitrogens with one attached hydrogen (secondary N) is 2. The van der Waals surface area contributed by atoms with Gasteiger partial charge in [-0.25, -0.2) is 0 Å². The number of hydrogen-bond donors (Lipinski definition) is 2. The predicted octanol–water partition coefficient (Wildman–Crippen LogP) is 1.45. The van der Waals surface area contributed by atoms with E-state index in [-0.39, 0.29) is 0 Å². The topological polar surface area (TPSA) is 75.2 Å². The largest absolute Gasteiger partial charge is 0.463 e. The summed E-state index contributed by atoms with van der Waals surface area (Å²) in [6, 6.07) is 0.873. The molecule has 0 spiro atoms. The minimum atomic E-state index is 0.353. The van der Waals surface area contributed by atoms with Gasteiger partial charge in [0.2, 0.25) is 11.9 Å². The van der Waals surface area contributed by atoms with Crippen molar-refractivity contribution in [2.45, 2.75) is 33.2 Å². The zero-order valence-corrected chi connectivity index (χ0v) is 13.1. The normalized spacial score (nSPS) is 10.9. The van der Waals surface area contributed by atoms with E-state index in [1.54, 1.807) is 7.05 Å². The summed E-state index contributed by atoms with van der Waals surface area (Å²) in [5.41, 5.74) is 0. The Kier molecular flexibility index (Phi) is 7.00. The van der Waals surface area contributed by atoms with Crippen molar-refractivity contribution in [3.63, 3.8) is 0 Å². The van der Waals surface area contributed by atoms with Crippen LogP contribution in [0.2, 0.25) is 0 Å². The van der Waals surface area contributed by atoms with Gasteiger partial charge in [0.15, 0.2) is 0 Å². The van der Waals surface area contributed by atoms with Gasteiger partial charge in [-0.1, -0.05) is 6.92 Å². The van der Waals surface area contributed by atoms with E-state index in [4.69, 9.17) is 4.74 Å². The summed E-state index contributed by atoms with van der Waals surface area (Å²) in [6.45, 7) is 8.67. The van der Waals surface area contributed by atoms with Crippen molar-refractivity contribution >= 4 is 11.9 Å². The second-order valence-electron chi connectivity index (χ2n) is 4.86. The first-order valence-electron chi connectivity index (χ1n) is 7.07. The molecular formula is C13H26N6O. The molecule has 0 aliphatic carbocycles. The highest BCUT2D eigenvalue weighted by Gasteiger charge is 2.07. The average Bonchev–Trinajstić information content (AvgIpc) is 2.44. The van der Waals surface area contributed by atoms with Gasteiger partial charge >= 0.3 is 6.01 Å².